The SMILES string of the molecule is CN(CC1CCCO1)c1ncc(N)s1. The average Bonchev–Trinajstić information content (AvgIpc) is 2.75. The summed E-state index contributed by atoms with van der Waals surface area (Å²) in [6.07, 6.45) is 4.40. The van der Waals surface area contributed by atoms with Crippen molar-refractivity contribution in [1.29, 1.82) is 0 Å². The van der Waals surface area contributed by atoms with E-state index >= 15 is 0 Å². The number of rotatable bonds is 3. The smallest absolute Gasteiger partial charge is 0.187 e. The molecule has 0 saturated carbocycles. The molecule has 0 amide bonds. The zero-order valence-electron chi connectivity index (χ0n) is 8.27. The highest BCUT2D eigenvalue weighted by Gasteiger charge is 2.18. The zero-order valence-corrected chi connectivity index (χ0v) is 9.09. The number of anilines is 2. The number of nitrogen functional groups attached to an aromatic ring is 1. The predicted molar refractivity (Wildman–Crippen MR) is 58.8 cm³/mol. The van der Waals surface area contributed by atoms with Gasteiger partial charge in [0.1, 0.15) is 5.00 Å². The molecule has 1 aromatic heterocycles. The van der Waals surface area contributed by atoms with Crippen molar-refractivity contribution in [3.05, 3.63) is 6.20 Å². The molecule has 1 aromatic rings. The molecule has 4 nitrogen and oxygen atoms in total. The number of nitrogens with zero attached hydrogens (tertiary/aromatic N) is 2. The van der Waals surface area contributed by atoms with E-state index in [0.717, 1.165) is 29.7 Å². The van der Waals surface area contributed by atoms with Gasteiger partial charge in [-0.3, -0.25) is 0 Å². The summed E-state index contributed by atoms with van der Waals surface area (Å²) in [5.41, 5.74) is 5.62. The first-order valence-electron chi connectivity index (χ1n) is 4.80. The van der Waals surface area contributed by atoms with E-state index in [2.05, 4.69) is 9.88 Å². The molecule has 14 heavy (non-hydrogen) atoms. The Balaban J connectivity index is 1.91. The van der Waals surface area contributed by atoms with Crippen molar-refractivity contribution in [3.8, 4) is 0 Å². The Morgan fingerprint density at radius 2 is 2.64 bits per heavy atom. The van der Waals surface area contributed by atoms with Gasteiger partial charge in [-0.05, 0) is 12.8 Å². The molecule has 1 aliphatic heterocycles. The van der Waals surface area contributed by atoms with E-state index in [0.29, 0.717) is 6.10 Å². The normalized spacial score (nSPS) is 21.4. The van der Waals surface area contributed by atoms with Crippen LogP contribution in [-0.2, 0) is 4.74 Å². The largest absolute Gasteiger partial charge is 0.389 e. The number of hydrogen-bond donors (Lipinski definition) is 1. The Hall–Kier alpha value is -0.810. The lowest BCUT2D eigenvalue weighted by molar-refractivity contribution is 0.116. The molecule has 0 aliphatic carbocycles. The van der Waals surface area contributed by atoms with Crippen LogP contribution in [0, 0.1) is 0 Å². The number of ether oxygens (including phenoxy) is 1. The van der Waals surface area contributed by atoms with Crippen LogP contribution in [0.15, 0.2) is 6.20 Å². The maximum Gasteiger partial charge on any atom is 0.187 e. The first kappa shape index (κ1) is 9.73. The Labute approximate surface area is 87.7 Å². The minimum absolute atomic E-state index is 0.366. The summed E-state index contributed by atoms with van der Waals surface area (Å²) in [6, 6.07) is 0. The summed E-state index contributed by atoms with van der Waals surface area (Å²) in [5.74, 6) is 0. The number of aromatic nitrogens is 1. The van der Waals surface area contributed by atoms with Gasteiger partial charge in [0, 0.05) is 20.2 Å². The number of thiazole rings is 1. The second-order valence-electron chi connectivity index (χ2n) is 3.56. The first-order valence-corrected chi connectivity index (χ1v) is 5.61. The van der Waals surface area contributed by atoms with Crippen molar-refractivity contribution in [2.45, 2.75) is 18.9 Å². The van der Waals surface area contributed by atoms with Crippen molar-refractivity contribution in [2.75, 3.05) is 30.8 Å². The van der Waals surface area contributed by atoms with Crippen molar-refractivity contribution in [3.63, 3.8) is 0 Å². The van der Waals surface area contributed by atoms with Crippen molar-refractivity contribution in [2.24, 2.45) is 0 Å². The highest BCUT2D eigenvalue weighted by atomic mass is 32.1. The lowest BCUT2D eigenvalue weighted by Crippen LogP contribution is -2.28. The molecule has 1 aliphatic rings. The van der Waals surface area contributed by atoms with Gasteiger partial charge >= 0.3 is 0 Å². The third-order valence-electron chi connectivity index (χ3n) is 2.34. The second kappa shape index (κ2) is 4.14. The monoisotopic (exact) mass is 213 g/mol. The van der Waals surface area contributed by atoms with Crippen molar-refractivity contribution in [1.82, 2.24) is 4.98 Å². The van der Waals surface area contributed by atoms with Crippen LogP contribution < -0.4 is 10.6 Å². The molecule has 5 heteroatoms. The van der Waals surface area contributed by atoms with Crippen LogP contribution in [0.25, 0.3) is 0 Å². The predicted octanol–water partition coefficient (Wildman–Crippen LogP) is 1.34. The summed E-state index contributed by atoms with van der Waals surface area (Å²) >= 11 is 1.52. The van der Waals surface area contributed by atoms with Crippen molar-refractivity contribution >= 4 is 21.5 Å². The molecule has 0 bridgehead atoms. The lowest BCUT2D eigenvalue weighted by atomic mass is 10.2. The average molecular weight is 213 g/mol. The molecule has 2 rings (SSSR count). The molecule has 78 valence electrons. The molecule has 2 heterocycles. The minimum atomic E-state index is 0.366. The van der Waals surface area contributed by atoms with Gasteiger partial charge in [0.2, 0.25) is 0 Å². The number of nitrogens with two attached hydrogens (primary N) is 1. The first-order chi connectivity index (χ1) is 6.75. The van der Waals surface area contributed by atoms with Crippen LogP contribution in [0.1, 0.15) is 12.8 Å². The van der Waals surface area contributed by atoms with Gasteiger partial charge in [0.25, 0.3) is 0 Å². The van der Waals surface area contributed by atoms with Gasteiger partial charge in [0.15, 0.2) is 5.13 Å². The molecule has 0 aromatic carbocycles. The van der Waals surface area contributed by atoms with E-state index in [1.165, 1.54) is 17.8 Å². The molecule has 1 fully saturated rings. The standard InChI is InChI=1S/C9H15N3OS/c1-12(6-7-3-2-4-13-7)9-11-5-8(10)14-9/h5,7H,2-4,6,10H2,1H3. The van der Waals surface area contributed by atoms with Gasteiger partial charge in [-0.15, -0.1) is 0 Å². The zero-order chi connectivity index (χ0) is 9.97. The van der Waals surface area contributed by atoms with E-state index in [9.17, 15) is 0 Å². The van der Waals surface area contributed by atoms with Gasteiger partial charge in [0.05, 0.1) is 12.3 Å². The third kappa shape index (κ3) is 2.16. The van der Waals surface area contributed by atoms with Crippen LogP contribution in [-0.4, -0.2) is 31.3 Å². The van der Waals surface area contributed by atoms with Gasteiger partial charge in [-0.2, -0.15) is 0 Å². The van der Waals surface area contributed by atoms with E-state index in [4.69, 9.17) is 10.5 Å². The maximum atomic E-state index is 5.62. The third-order valence-corrected chi connectivity index (χ3v) is 3.28. The van der Waals surface area contributed by atoms with Crippen molar-refractivity contribution < 1.29 is 4.74 Å². The molecular weight excluding hydrogens is 198 g/mol. The van der Waals surface area contributed by atoms with Gasteiger partial charge in [-0.1, -0.05) is 11.3 Å². The summed E-state index contributed by atoms with van der Waals surface area (Å²) in [7, 11) is 2.03. The summed E-state index contributed by atoms with van der Waals surface area (Å²) < 4.78 is 5.56. The van der Waals surface area contributed by atoms with E-state index in [1.807, 2.05) is 7.05 Å². The highest BCUT2D eigenvalue weighted by molar-refractivity contribution is 7.19. The second-order valence-corrected chi connectivity index (χ2v) is 4.60. The fourth-order valence-corrected chi connectivity index (χ4v) is 2.28. The van der Waals surface area contributed by atoms with E-state index in [1.54, 1.807) is 6.20 Å². The van der Waals surface area contributed by atoms with Gasteiger partial charge < -0.3 is 15.4 Å². The van der Waals surface area contributed by atoms with Crippen LogP contribution in [0.5, 0.6) is 0 Å². The topological polar surface area (TPSA) is 51.4 Å². The van der Waals surface area contributed by atoms with Crippen LogP contribution in [0.2, 0.25) is 0 Å². The van der Waals surface area contributed by atoms with Gasteiger partial charge in [-0.25, -0.2) is 4.98 Å². The maximum absolute atomic E-state index is 5.62. The fourth-order valence-electron chi connectivity index (χ4n) is 1.63. The molecule has 1 atom stereocenters. The molecular formula is C9H15N3OS. The fraction of sp³-hybridized carbons (Fsp3) is 0.667. The summed E-state index contributed by atoms with van der Waals surface area (Å²) in [5, 5.41) is 1.73. The molecule has 1 saturated heterocycles. The highest BCUT2D eigenvalue weighted by Crippen LogP contribution is 2.24. The number of likely N-dealkylation sites (N-methyl/N-ethyl adjacent to an activating group) is 1. The summed E-state index contributed by atoms with van der Waals surface area (Å²) in [6.45, 7) is 1.81. The summed E-state index contributed by atoms with van der Waals surface area (Å²) in [4.78, 5) is 6.33. The van der Waals surface area contributed by atoms with Crippen LogP contribution >= 0.6 is 11.3 Å². The quantitative estimate of drug-likeness (QED) is 0.823. The molecule has 2 N–H and O–H groups in total. The van der Waals surface area contributed by atoms with E-state index < -0.39 is 0 Å². The Morgan fingerprint density at radius 3 is 3.21 bits per heavy atom. The number of hydrogen-bond acceptors (Lipinski definition) is 5. The Bertz CT molecular complexity index is 296. The Morgan fingerprint density at radius 1 is 1.79 bits per heavy atom. The molecule has 0 spiro atoms. The lowest BCUT2D eigenvalue weighted by Gasteiger charge is -2.19. The Kier molecular flexibility index (Phi) is 2.88. The molecule has 1 unspecified atom stereocenters. The molecule has 0 radical (unpaired) electrons. The van der Waals surface area contributed by atoms with E-state index in [-0.39, 0.29) is 0 Å². The minimum Gasteiger partial charge on any atom is -0.389 e. The van der Waals surface area contributed by atoms with Crippen LogP contribution in [0.4, 0.5) is 10.1 Å². The van der Waals surface area contributed by atoms with Crippen LogP contribution in [0.3, 0.4) is 0 Å².